The number of sulfone groups is 1. The highest BCUT2D eigenvalue weighted by Gasteiger charge is 2.47. The van der Waals surface area contributed by atoms with Gasteiger partial charge in [0.15, 0.2) is 0 Å². The predicted molar refractivity (Wildman–Crippen MR) is 97.1 cm³/mol. The molecule has 0 bridgehead atoms. The van der Waals surface area contributed by atoms with Gasteiger partial charge in [0.05, 0.1) is 5.25 Å². The Hall–Kier alpha value is 0.490. The zero-order chi connectivity index (χ0) is 16.8. The van der Waals surface area contributed by atoms with Crippen LogP contribution < -0.4 is 0 Å². The van der Waals surface area contributed by atoms with Crippen molar-refractivity contribution in [2.24, 2.45) is 23.7 Å². The molecule has 3 rings (SSSR count). The van der Waals surface area contributed by atoms with E-state index in [1.807, 2.05) is 0 Å². The van der Waals surface area contributed by atoms with E-state index in [-0.39, 0.29) is 16.0 Å². The van der Waals surface area contributed by atoms with Crippen LogP contribution in [0.5, 0.6) is 0 Å². The van der Waals surface area contributed by atoms with Gasteiger partial charge in [-0.2, -0.15) is 0 Å². The molecule has 0 spiro atoms. The third-order valence-corrected chi connectivity index (χ3v) is 8.99. The molecule has 1 saturated heterocycles. The lowest BCUT2D eigenvalue weighted by atomic mass is 9.63. The molecule has 2 saturated carbocycles. The number of hydrogen-bond acceptors (Lipinski definition) is 3. The largest absolute Gasteiger partial charge is 0.306 e. The van der Waals surface area contributed by atoms with Crippen molar-refractivity contribution in [1.82, 2.24) is 4.90 Å². The number of fused-ring (bicyclic) bond motifs is 1. The van der Waals surface area contributed by atoms with E-state index < -0.39 is 9.84 Å². The molecule has 2 aliphatic carbocycles. The molecule has 3 aliphatic rings. The Bertz CT molecular complexity index is 527. The Labute approximate surface area is 151 Å². The Morgan fingerprint density at radius 2 is 1.65 bits per heavy atom. The van der Waals surface area contributed by atoms with Gasteiger partial charge in [0, 0.05) is 30.1 Å². The maximum atomic E-state index is 12.0. The first-order chi connectivity index (χ1) is 10.8. The number of alkyl halides is 2. The highest BCUT2D eigenvalue weighted by molar-refractivity contribution is 7.91. The Morgan fingerprint density at radius 3 is 2.35 bits per heavy atom. The van der Waals surface area contributed by atoms with Gasteiger partial charge in [-0.15, -0.1) is 23.2 Å². The quantitative estimate of drug-likeness (QED) is 0.687. The fourth-order valence-corrected chi connectivity index (χ4v) is 7.55. The average molecular weight is 382 g/mol. The second kappa shape index (κ2) is 7.01. The third kappa shape index (κ3) is 4.02. The Balaban J connectivity index is 1.79. The molecule has 0 aromatic heterocycles. The van der Waals surface area contributed by atoms with Crippen LogP contribution in [0.4, 0.5) is 0 Å². The third-order valence-electron chi connectivity index (χ3n) is 6.50. The van der Waals surface area contributed by atoms with Crippen molar-refractivity contribution in [3.05, 3.63) is 0 Å². The molecule has 134 valence electrons. The summed E-state index contributed by atoms with van der Waals surface area (Å²) in [5.74, 6) is 2.12. The van der Waals surface area contributed by atoms with Crippen molar-refractivity contribution >= 4 is 33.0 Å². The van der Waals surface area contributed by atoms with E-state index in [0.717, 1.165) is 51.6 Å². The summed E-state index contributed by atoms with van der Waals surface area (Å²) in [6.45, 7) is 2.12. The average Bonchev–Trinajstić information content (AvgIpc) is 2.47. The zero-order valence-corrected chi connectivity index (χ0v) is 16.5. The standard InChI is InChI=1S/C17H29Cl2NO2S/c1-20-9-15(11-4-3-5-13(6-11)23(2,21)22)14-7-12(18)8-17(19)16(14)10-20/h11-17H,3-10H2,1-2H3/t11?,12?,13?,14?,15-,16?,17?/m0/s1. The summed E-state index contributed by atoms with van der Waals surface area (Å²) in [5.41, 5.74) is 0. The molecule has 0 aromatic rings. The molecule has 0 N–H and O–H groups in total. The fourth-order valence-electron chi connectivity index (χ4n) is 5.38. The van der Waals surface area contributed by atoms with E-state index >= 15 is 0 Å². The number of nitrogens with zero attached hydrogens (tertiary/aromatic N) is 1. The number of rotatable bonds is 2. The molecule has 6 unspecified atom stereocenters. The lowest BCUT2D eigenvalue weighted by Gasteiger charge is -2.51. The van der Waals surface area contributed by atoms with Crippen molar-refractivity contribution in [1.29, 1.82) is 0 Å². The molecule has 7 atom stereocenters. The molecule has 3 fully saturated rings. The van der Waals surface area contributed by atoms with E-state index in [1.54, 1.807) is 0 Å². The highest BCUT2D eigenvalue weighted by Crippen LogP contribution is 2.48. The number of piperidine rings is 1. The Kier molecular flexibility index (Phi) is 5.57. The maximum Gasteiger partial charge on any atom is 0.150 e. The van der Waals surface area contributed by atoms with Crippen molar-refractivity contribution in [3.63, 3.8) is 0 Å². The number of hydrogen-bond donors (Lipinski definition) is 0. The normalized spacial score (nSPS) is 46.3. The summed E-state index contributed by atoms with van der Waals surface area (Å²) >= 11 is 13.1. The fraction of sp³-hybridized carbons (Fsp3) is 1.00. The topological polar surface area (TPSA) is 37.4 Å². The molecular weight excluding hydrogens is 353 g/mol. The zero-order valence-electron chi connectivity index (χ0n) is 14.1. The van der Waals surface area contributed by atoms with Gasteiger partial charge >= 0.3 is 0 Å². The monoisotopic (exact) mass is 381 g/mol. The van der Waals surface area contributed by atoms with Crippen molar-refractivity contribution in [2.45, 2.75) is 54.5 Å². The first-order valence-electron chi connectivity index (χ1n) is 8.91. The molecular formula is C17H29Cl2NO2S. The van der Waals surface area contributed by atoms with Gasteiger partial charge in [-0.25, -0.2) is 8.42 Å². The lowest BCUT2D eigenvalue weighted by Crippen LogP contribution is -2.53. The van der Waals surface area contributed by atoms with Crippen LogP contribution in [0.25, 0.3) is 0 Å². The van der Waals surface area contributed by atoms with Gasteiger partial charge in [-0.3, -0.25) is 0 Å². The smallest absolute Gasteiger partial charge is 0.150 e. The van der Waals surface area contributed by atoms with Crippen LogP contribution in [0.2, 0.25) is 0 Å². The summed E-state index contributed by atoms with van der Waals surface area (Å²) in [7, 11) is -0.750. The molecule has 23 heavy (non-hydrogen) atoms. The molecule has 6 heteroatoms. The second-order valence-corrected chi connectivity index (χ2v) is 11.7. The minimum atomic E-state index is -2.93. The van der Waals surface area contributed by atoms with Gasteiger partial charge in [0.1, 0.15) is 9.84 Å². The molecule has 0 amide bonds. The molecule has 1 aliphatic heterocycles. The summed E-state index contributed by atoms with van der Waals surface area (Å²) in [4.78, 5) is 2.40. The molecule has 0 radical (unpaired) electrons. The van der Waals surface area contributed by atoms with E-state index in [9.17, 15) is 8.42 Å². The highest BCUT2D eigenvalue weighted by atomic mass is 35.5. The molecule has 1 heterocycles. The first kappa shape index (κ1) is 18.3. The minimum Gasteiger partial charge on any atom is -0.306 e. The van der Waals surface area contributed by atoms with Crippen LogP contribution in [0.1, 0.15) is 38.5 Å². The van der Waals surface area contributed by atoms with Crippen molar-refractivity contribution in [3.8, 4) is 0 Å². The van der Waals surface area contributed by atoms with Crippen molar-refractivity contribution in [2.75, 3.05) is 26.4 Å². The van der Waals surface area contributed by atoms with E-state index in [4.69, 9.17) is 23.2 Å². The summed E-state index contributed by atoms with van der Waals surface area (Å²) in [6.07, 6.45) is 7.22. The first-order valence-corrected chi connectivity index (χ1v) is 11.7. The second-order valence-electron chi connectivity index (χ2n) is 8.18. The van der Waals surface area contributed by atoms with E-state index in [1.165, 1.54) is 6.26 Å². The Morgan fingerprint density at radius 1 is 0.957 bits per heavy atom. The van der Waals surface area contributed by atoms with Gasteiger partial charge in [-0.05, 0) is 56.4 Å². The van der Waals surface area contributed by atoms with Crippen molar-refractivity contribution < 1.29 is 8.42 Å². The van der Waals surface area contributed by atoms with Crippen LogP contribution in [-0.2, 0) is 9.84 Å². The molecule has 0 aromatic carbocycles. The summed E-state index contributed by atoms with van der Waals surface area (Å²) in [6, 6.07) is 0. The van der Waals surface area contributed by atoms with Crippen LogP contribution in [0.15, 0.2) is 0 Å². The van der Waals surface area contributed by atoms with Gasteiger partial charge < -0.3 is 4.90 Å². The molecule has 3 nitrogen and oxygen atoms in total. The van der Waals surface area contributed by atoms with Gasteiger partial charge in [0.25, 0.3) is 0 Å². The number of likely N-dealkylation sites (tertiary alicyclic amines) is 1. The van der Waals surface area contributed by atoms with Crippen LogP contribution in [0.3, 0.4) is 0 Å². The van der Waals surface area contributed by atoms with E-state index in [2.05, 4.69) is 11.9 Å². The maximum absolute atomic E-state index is 12.0. The van der Waals surface area contributed by atoms with E-state index in [0.29, 0.717) is 23.7 Å². The summed E-state index contributed by atoms with van der Waals surface area (Å²) < 4.78 is 24.0. The van der Waals surface area contributed by atoms with Crippen LogP contribution in [-0.4, -0.2) is 55.7 Å². The summed E-state index contributed by atoms with van der Waals surface area (Å²) in [5, 5.41) is 0.198. The predicted octanol–water partition coefficient (Wildman–Crippen LogP) is 3.39. The lowest BCUT2D eigenvalue weighted by molar-refractivity contribution is 0.0110. The van der Waals surface area contributed by atoms with Crippen LogP contribution in [0, 0.1) is 23.7 Å². The van der Waals surface area contributed by atoms with Gasteiger partial charge in [-0.1, -0.05) is 12.8 Å². The SMILES string of the molecule is CN1CC2C(Cl)CC(Cl)CC2[C@H](C2CCCC(S(C)(=O)=O)C2)C1. The number of halogens is 2. The van der Waals surface area contributed by atoms with Gasteiger partial charge in [0.2, 0.25) is 0 Å². The minimum absolute atomic E-state index is 0.144. The van der Waals surface area contributed by atoms with Crippen LogP contribution >= 0.6 is 23.2 Å².